The Labute approximate surface area is 93.2 Å². The first-order chi connectivity index (χ1) is 7.02. The first-order valence-electron chi connectivity index (χ1n) is 5.17. The molecule has 1 saturated carbocycles. The normalized spacial score (nSPS) is 19.9. The molecule has 0 aromatic carbocycles. The maximum absolute atomic E-state index is 11.3. The molecule has 1 atom stereocenters. The van der Waals surface area contributed by atoms with E-state index >= 15 is 0 Å². The molecule has 1 N–H and O–H groups in total. The molecule has 3 nitrogen and oxygen atoms in total. The molecule has 0 amide bonds. The Kier molecular flexibility index (Phi) is 2.54. The van der Waals surface area contributed by atoms with Crippen LogP contribution in [0.4, 0.5) is 0 Å². The lowest BCUT2D eigenvalue weighted by Gasteiger charge is -2.23. The summed E-state index contributed by atoms with van der Waals surface area (Å²) in [6, 6.07) is 0. The lowest BCUT2D eigenvalue weighted by molar-refractivity contribution is -0.149. The van der Waals surface area contributed by atoms with Crippen LogP contribution in [0.2, 0.25) is 0 Å². The molecule has 1 aromatic rings. The van der Waals surface area contributed by atoms with E-state index in [0.717, 1.165) is 23.5 Å². The van der Waals surface area contributed by atoms with Gasteiger partial charge in [0.1, 0.15) is 0 Å². The molecule has 1 fully saturated rings. The fraction of sp³-hybridized carbons (Fsp3) is 0.636. The van der Waals surface area contributed by atoms with E-state index in [0.29, 0.717) is 12.3 Å². The first kappa shape index (κ1) is 10.6. The van der Waals surface area contributed by atoms with Crippen LogP contribution in [0.1, 0.15) is 30.5 Å². The molecule has 1 aliphatic carbocycles. The van der Waals surface area contributed by atoms with Crippen molar-refractivity contribution >= 4 is 17.3 Å². The Morgan fingerprint density at radius 2 is 2.40 bits per heavy atom. The Morgan fingerprint density at radius 3 is 2.80 bits per heavy atom. The van der Waals surface area contributed by atoms with Crippen molar-refractivity contribution in [3.05, 3.63) is 16.1 Å². The number of hydrogen-bond donors (Lipinski definition) is 1. The molecule has 1 heterocycles. The topological polar surface area (TPSA) is 50.2 Å². The highest BCUT2D eigenvalue weighted by molar-refractivity contribution is 7.09. The fourth-order valence-electron chi connectivity index (χ4n) is 1.98. The summed E-state index contributed by atoms with van der Waals surface area (Å²) in [6.45, 7) is 3.80. The number of thiazole rings is 1. The Morgan fingerprint density at radius 1 is 1.73 bits per heavy atom. The van der Waals surface area contributed by atoms with Crippen LogP contribution in [0, 0.1) is 18.3 Å². The summed E-state index contributed by atoms with van der Waals surface area (Å²) >= 11 is 1.58. The van der Waals surface area contributed by atoms with Gasteiger partial charge in [0.25, 0.3) is 0 Å². The van der Waals surface area contributed by atoms with Gasteiger partial charge in [-0.2, -0.15) is 0 Å². The summed E-state index contributed by atoms with van der Waals surface area (Å²) in [7, 11) is 0. The summed E-state index contributed by atoms with van der Waals surface area (Å²) in [5.41, 5.74) is 0.315. The standard InChI is InChI=1S/C11H15NO2S/c1-7-12-9(6-15-7)5-11(2,10(13)14)8-3-4-8/h6,8H,3-5H2,1-2H3,(H,13,14). The van der Waals surface area contributed by atoms with Crippen molar-refractivity contribution in [1.82, 2.24) is 4.98 Å². The van der Waals surface area contributed by atoms with Gasteiger partial charge in [-0.1, -0.05) is 0 Å². The second-order valence-corrected chi connectivity index (χ2v) is 5.59. The van der Waals surface area contributed by atoms with Gasteiger partial charge in [0.15, 0.2) is 0 Å². The van der Waals surface area contributed by atoms with E-state index in [-0.39, 0.29) is 0 Å². The van der Waals surface area contributed by atoms with Gasteiger partial charge >= 0.3 is 5.97 Å². The molecule has 1 unspecified atom stereocenters. The average Bonchev–Trinajstić information content (AvgIpc) is 2.92. The maximum atomic E-state index is 11.3. The van der Waals surface area contributed by atoms with Gasteiger partial charge in [-0.05, 0) is 32.6 Å². The Bertz CT molecular complexity index is 384. The van der Waals surface area contributed by atoms with Gasteiger partial charge in [0.05, 0.1) is 16.1 Å². The fourth-order valence-corrected chi connectivity index (χ4v) is 2.59. The highest BCUT2D eigenvalue weighted by atomic mass is 32.1. The van der Waals surface area contributed by atoms with Gasteiger partial charge in [-0.3, -0.25) is 4.79 Å². The number of hydrogen-bond acceptors (Lipinski definition) is 3. The monoisotopic (exact) mass is 225 g/mol. The van der Waals surface area contributed by atoms with Crippen molar-refractivity contribution in [2.45, 2.75) is 33.1 Å². The molecule has 0 aliphatic heterocycles. The SMILES string of the molecule is Cc1nc(CC(C)(C(=O)O)C2CC2)cs1. The number of aryl methyl sites for hydroxylation is 1. The third kappa shape index (κ3) is 2.04. The predicted molar refractivity (Wildman–Crippen MR) is 59.0 cm³/mol. The minimum atomic E-state index is -0.685. The van der Waals surface area contributed by atoms with Gasteiger partial charge in [0, 0.05) is 11.8 Å². The van der Waals surface area contributed by atoms with Crippen molar-refractivity contribution in [2.75, 3.05) is 0 Å². The molecule has 0 bridgehead atoms. The molecule has 82 valence electrons. The minimum absolute atomic E-state index is 0.344. The molecule has 1 aromatic heterocycles. The minimum Gasteiger partial charge on any atom is -0.481 e. The van der Waals surface area contributed by atoms with Crippen LogP contribution in [-0.2, 0) is 11.2 Å². The smallest absolute Gasteiger partial charge is 0.310 e. The van der Waals surface area contributed by atoms with E-state index in [1.807, 2.05) is 19.2 Å². The van der Waals surface area contributed by atoms with E-state index in [1.54, 1.807) is 11.3 Å². The lowest BCUT2D eigenvalue weighted by Crippen LogP contribution is -2.32. The zero-order valence-electron chi connectivity index (χ0n) is 8.99. The van der Waals surface area contributed by atoms with Crippen LogP contribution in [0.25, 0.3) is 0 Å². The molecule has 2 rings (SSSR count). The molecular weight excluding hydrogens is 210 g/mol. The van der Waals surface area contributed by atoms with Crippen LogP contribution in [0.15, 0.2) is 5.38 Å². The summed E-state index contributed by atoms with van der Waals surface area (Å²) in [6.07, 6.45) is 2.66. The Hall–Kier alpha value is -0.900. The number of carbonyl (C=O) groups is 1. The highest BCUT2D eigenvalue weighted by Gasteiger charge is 2.47. The van der Waals surface area contributed by atoms with Crippen LogP contribution in [0.5, 0.6) is 0 Å². The highest BCUT2D eigenvalue weighted by Crippen LogP contribution is 2.47. The second kappa shape index (κ2) is 3.59. The van der Waals surface area contributed by atoms with Crippen LogP contribution in [0.3, 0.4) is 0 Å². The molecule has 0 saturated heterocycles. The van der Waals surface area contributed by atoms with Crippen LogP contribution < -0.4 is 0 Å². The number of carboxylic acids is 1. The number of aliphatic carboxylic acids is 1. The van der Waals surface area contributed by atoms with E-state index in [9.17, 15) is 9.90 Å². The van der Waals surface area contributed by atoms with E-state index < -0.39 is 11.4 Å². The van der Waals surface area contributed by atoms with Crippen molar-refractivity contribution in [3.63, 3.8) is 0 Å². The molecule has 4 heteroatoms. The summed E-state index contributed by atoms with van der Waals surface area (Å²) in [5, 5.41) is 12.3. The largest absolute Gasteiger partial charge is 0.481 e. The first-order valence-corrected chi connectivity index (χ1v) is 6.05. The van der Waals surface area contributed by atoms with Crippen molar-refractivity contribution in [2.24, 2.45) is 11.3 Å². The van der Waals surface area contributed by atoms with Crippen molar-refractivity contribution < 1.29 is 9.90 Å². The predicted octanol–water partition coefficient (Wildman–Crippen LogP) is 2.49. The third-order valence-corrected chi connectivity index (χ3v) is 4.00. The second-order valence-electron chi connectivity index (χ2n) is 4.53. The van der Waals surface area contributed by atoms with Gasteiger partial charge in [0.2, 0.25) is 0 Å². The van der Waals surface area contributed by atoms with Crippen molar-refractivity contribution in [1.29, 1.82) is 0 Å². The van der Waals surface area contributed by atoms with E-state index in [4.69, 9.17) is 0 Å². The van der Waals surface area contributed by atoms with Crippen LogP contribution >= 0.6 is 11.3 Å². The summed E-state index contributed by atoms with van der Waals surface area (Å²) in [5.74, 6) is -0.340. The summed E-state index contributed by atoms with van der Waals surface area (Å²) in [4.78, 5) is 15.6. The molecular formula is C11H15NO2S. The van der Waals surface area contributed by atoms with Gasteiger partial charge in [-0.25, -0.2) is 4.98 Å². The zero-order chi connectivity index (χ0) is 11.1. The third-order valence-electron chi connectivity index (χ3n) is 3.18. The van der Waals surface area contributed by atoms with Crippen LogP contribution in [-0.4, -0.2) is 16.1 Å². The van der Waals surface area contributed by atoms with E-state index in [1.165, 1.54) is 0 Å². The average molecular weight is 225 g/mol. The number of carboxylic acid groups (broad SMARTS) is 1. The van der Waals surface area contributed by atoms with Gasteiger partial charge in [-0.15, -0.1) is 11.3 Å². The number of aromatic nitrogens is 1. The Balaban J connectivity index is 2.16. The molecule has 15 heavy (non-hydrogen) atoms. The molecule has 0 radical (unpaired) electrons. The van der Waals surface area contributed by atoms with Gasteiger partial charge < -0.3 is 5.11 Å². The van der Waals surface area contributed by atoms with E-state index in [2.05, 4.69) is 4.98 Å². The number of nitrogens with zero attached hydrogens (tertiary/aromatic N) is 1. The maximum Gasteiger partial charge on any atom is 0.310 e. The molecule has 0 spiro atoms. The molecule has 1 aliphatic rings. The number of rotatable bonds is 4. The summed E-state index contributed by atoms with van der Waals surface area (Å²) < 4.78 is 0. The lowest BCUT2D eigenvalue weighted by atomic mass is 9.81. The zero-order valence-corrected chi connectivity index (χ0v) is 9.80. The quantitative estimate of drug-likeness (QED) is 0.856. The van der Waals surface area contributed by atoms with Crippen molar-refractivity contribution in [3.8, 4) is 0 Å².